The molecular formula is C23H27F5N5OP. The van der Waals surface area contributed by atoms with Crippen LogP contribution in [0.25, 0.3) is 11.3 Å². The van der Waals surface area contributed by atoms with Crippen LogP contribution in [0.3, 0.4) is 0 Å². The Morgan fingerprint density at radius 1 is 1.26 bits per heavy atom. The van der Waals surface area contributed by atoms with Crippen LogP contribution in [0.2, 0.25) is 0 Å². The molecule has 1 amide bonds. The molecule has 3 heterocycles. The van der Waals surface area contributed by atoms with E-state index >= 15 is 0 Å². The first-order chi connectivity index (χ1) is 16.3. The molecule has 1 saturated carbocycles. The van der Waals surface area contributed by atoms with E-state index in [1.165, 1.54) is 35.4 Å². The Kier molecular flexibility index (Phi) is 7.03. The number of halogens is 5. The third-order valence-electron chi connectivity index (χ3n) is 6.43. The maximum Gasteiger partial charge on any atom is 0.416 e. The number of carbonyl (C=O) groups is 1. The summed E-state index contributed by atoms with van der Waals surface area (Å²) in [6.45, 7) is 4.01. The lowest BCUT2D eigenvalue weighted by Gasteiger charge is -2.35. The van der Waals surface area contributed by atoms with Gasteiger partial charge in [0.15, 0.2) is 0 Å². The van der Waals surface area contributed by atoms with Crippen molar-refractivity contribution in [3.63, 3.8) is 0 Å². The van der Waals surface area contributed by atoms with E-state index in [4.69, 9.17) is 0 Å². The fourth-order valence-corrected chi connectivity index (χ4v) is 4.54. The molecule has 2 N–H and O–H groups in total. The lowest BCUT2D eigenvalue weighted by Crippen LogP contribution is -2.52. The molecular weight excluding hydrogens is 488 g/mol. The summed E-state index contributed by atoms with van der Waals surface area (Å²) >= 11 is 0. The van der Waals surface area contributed by atoms with Gasteiger partial charge in [-0.3, -0.25) is 4.79 Å². The van der Waals surface area contributed by atoms with E-state index in [1.54, 1.807) is 0 Å². The third-order valence-corrected chi connectivity index (χ3v) is 6.93. The molecule has 4 rings (SSSR count). The fraction of sp³-hybridized carbons (Fsp3) is 0.522. The SMILES string of the molecule is CC(=O)Nc1nccc(-c2cc(C(F)(F)F)cc(N3CCN[C@@H](C4CC4)C3)n2)c1[C@@H](C)C(F)(F)P. The molecule has 35 heavy (non-hydrogen) atoms. The highest BCUT2D eigenvalue weighted by Gasteiger charge is 2.38. The van der Waals surface area contributed by atoms with Crippen molar-refractivity contribution < 1.29 is 26.7 Å². The van der Waals surface area contributed by atoms with Gasteiger partial charge < -0.3 is 15.5 Å². The molecule has 0 bridgehead atoms. The van der Waals surface area contributed by atoms with Gasteiger partial charge in [-0.2, -0.15) is 13.2 Å². The van der Waals surface area contributed by atoms with Crippen LogP contribution in [0.4, 0.5) is 33.6 Å². The molecule has 2 aromatic rings. The number of anilines is 2. The van der Waals surface area contributed by atoms with Crippen LogP contribution in [-0.2, 0) is 11.0 Å². The largest absolute Gasteiger partial charge is 0.416 e. The van der Waals surface area contributed by atoms with Gasteiger partial charge in [-0.15, -0.1) is 0 Å². The summed E-state index contributed by atoms with van der Waals surface area (Å²) < 4.78 is 70.5. The van der Waals surface area contributed by atoms with Gasteiger partial charge in [-0.05, 0) is 37.0 Å². The van der Waals surface area contributed by atoms with Gasteiger partial charge in [0.2, 0.25) is 5.91 Å². The highest BCUT2D eigenvalue weighted by molar-refractivity contribution is 7.18. The van der Waals surface area contributed by atoms with Gasteiger partial charge in [-0.25, -0.2) is 18.7 Å². The van der Waals surface area contributed by atoms with E-state index in [1.807, 2.05) is 4.90 Å². The lowest BCUT2D eigenvalue weighted by atomic mass is 9.93. The van der Waals surface area contributed by atoms with Crippen molar-refractivity contribution in [2.24, 2.45) is 5.92 Å². The Labute approximate surface area is 202 Å². The molecule has 1 unspecified atom stereocenters. The molecule has 6 nitrogen and oxygen atoms in total. The van der Waals surface area contributed by atoms with E-state index in [9.17, 15) is 26.7 Å². The predicted octanol–water partition coefficient (Wildman–Crippen LogP) is 4.88. The van der Waals surface area contributed by atoms with E-state index in [-0.39, 0.29) is 34.5 Å². The summed E-state index contributed by atoms with van der Waals surface area (Å²) in [6, 6.07) is 3.38. The molecule has 1 saturated heterocycles. The zero-order valence-corrected chi connectivity index (χ0v) is 20.4. The molecule has 3 atom stereocenters. The summed E-state index contributed by atoms with van der Waals surface area (Å²) in [5, 5.41) is 5.84. The minimum Gasteiger partial charge on any atom is -0.354 e. The highest BCUT2D eigenvalue weighted by Crippen LogP contribution is 2.45. The van der Waals surface area contributed by atoms with Gasteiger partial charge in [0.05, 0.1) is 17.2 Å². The maximum absolute atomic E-state index is 14.4. The van der Waals surface area contributed by atoms with Gasteiger partial charge in [0, 0.05) is 49.9 Å². The van der Waals surface area contributed by atoms with Crippen LogP contribution in [-0.4, -0.2) is 47.2 Å². The van der Waals surface area contributed by atoms with Crippen LogP contribution < -0.4 is 15.5 Å². The quantitative estimate of drug-likeness (QED) is 0.424. The highest BCUT2D eigenvalue weighted by atomic mass is 31.0. The van der Waals surface area contributed by atoms with Gasteiger partial charge >= 0.3 is 6.18 Å². The number of hydrogen-bond acceptors (Lipinski definition) is 5. The smallest absolute Gasteiger partial charge is 0.354 e. The average molecular weight is 515 g/mol. The predicted molar refractivity (Wildman–Crippen MR) is 127 cm³/mol. The summed E-state index contributed by atoms with van der Waals surface area (Å²) in [5.74, 6) is -1.53. The minimum absolute atomic E-state index is 0.0552. The first kappa shape index (κ1) is 25.7. The molecule has 2 fully saturated rings. The summed E-state index contributed by atoms with van der Waals surface area (Å²) in [7, 11) is 1.44. The molecule has 2 aliphatic rings. The molecule has 1 aliphatic carbocycles. The molecule has 190 valence electrons. The van der Waals surface area contributed by atoms with Crippen LogP contribution in [0.15, 0.2) is 24.4 Å². The van der Waals surface area contributed by atoms with Crippen LogP contribution >= 0.6 is 9.24 Å². The molecule has 2 aromatic heterocycles. The minimum atomic E-state index is -4.67. The van der Waals surface area contributed by atoms with Crippen molar-refractivity contribution in [3.05, 3.63) is 35.5 Å². The Balaban J connectivity index is 1.85. The van der Waals surface area contributed by atoms with Crippen molar-refractivity contribution in [1.29, 1.82) is 0 Å². The number of piperazine rings is 1. The Morgan fingerprint density at radius 3 is 2.57 bits per heavy atom. The zero-order chi connectivity index (χ0) is 25.5. The number of rotatable bonds is 6. The van der Waals surface area contributed by atoms with E-state index in [0.717, 1.165) is 25.0 Å². The summed E-state index contributed by atoms with van der Waals surface area (Å²) in [6.07, 6.45) is -1.24. The number of hydrogen-bond donors (Lipinski definition) is 2. The van der Waals surface area contributed by atoms with Crippen molar-refractivity contribution in [3.8, 4) is 11.3 Å². The first-order valence-electron chi connectivity index (χ1n) is 11.4. The third kappa shape index (κ3) is 5.89. The van der Waals surface area contributed by atoms with Crippen molar-refractivity contribution in [2.45, 2.75) is 50.5 Å². The Morgan fingerprint density at radius 2 is 1.97 bits per heavy atom. The van der Waals surface area contributed by atoms with Crippen LogP contribution in [0.1, 0.15) is 43.7 Å². The van der Waals surface area contributed by atoms with Crippen molar-refractivity contribution in [1.82, 2.24) is 15.3 Å². The number of pyridine rings is 2. The fourth-order valence-electron chi connectivity index (χ4n) is 4.37. The number of nitrogens with zero attached hydrogens (tertiary/aromatic N) is 3. The summed E-state index contributed by atoms with van der Waals surface area (Å²) in [4.78, 5) is 22.0. The lowest BCUT2D eigenvalue weighted by molar-refractivity contribution is -0.137. The van der Waals surface area contributed by atoms with Gasteiger partial charge in [-0.1, -0.05) is 16.2 Å². The van der Waals surface area contributed by atoms with Crippen LogP contribution in [0, 0.1) is 5.92 Å². The number of aromatic nitrogens is 2. The zero-order valence-electron chi connectivity index (χ0n) is 19.3. The molecule has 12 heteroatoms. The number of alkyl halides is 5. The number of nitrogens with one attached hydrogen (secondary N) is 2. The van der Waals surface area contributed by atoms with E-state index < -0.39 is 29.2 Å². The van der Waals surface area contributed by atoms with Crippen LogP contribution in [0.5, 0.6) is 0 Å². The summed E-state index contributed by atoms with van der Waals surface area (Å²) in [5.41, 5.74) is -4.38. The molecule has 1 aliphatic heterocycles. The standard InChI is InChI=1S/C23H27F5N5OP/c1-12(23(27,28)35)20-16(5-6-30-21(20)31-13(2)34)17-9-15(22(24,25)26)10-19(32-17)33-8-7-29-18(11-33)14-3-4-14/h5-6,9-10,12,14,18,29H,3-4,7-8,11,35H2,1-2H3,(H,30,31,34)/t12-,18-/m1/s1. The number of amides is 1. The van der Waals surface area contributed by atoms with Gasteiger partial charge in [0.1, 0.15) is 11.6 Å². The Hall–Kier alpha value is -2.39. The van der Waals surface area contributed by atoms with E-state index in [0.29, 0.717) is 25.6 Å². The second-order valence-corrected chi connectivity index (χ2v) is 9.91. The maximum atomic E-state index is 14.4. The van der Waals surface area contributed by atoms with Crippen molar-refractivity contribution in [2.75, 3.05) is 29.9 Å². The normalized spacial score (nSPS) is 20.0. The first-order valence-corrected chi connectivity index (χ1v) is 11.9. The van der Waals surface area contributed by atoms with Crippen molar-refractivity contribution >= 4 is 26.8 Å². The molecule has 0 spiro atoms. The second-order valence-electron chi connectivity index (χ2n) is 9.14. The Bertz CT molecular complexity index is 1100. The van der Waals surface area contributed by atoms with E-state index in [2.05, 4.69) is 20.6 Å². The van der Waals surface area contributed by atoms with Gasteiger partial charge in [0.25, 0.3) is 5.66 Å². The monoisotopic (exact) mass is 515 g/mol. The average Bonchev–Trinajstić information content (AvgIpc) is 3.62. The second kappa shape index (κ2) is 9.58. The molecule has 0 aromatic carbocycles. The topological polar surface area (TPSA) is 70.2 Å². The number of carbonyl (C=O) groups excluding carboxylic acids is 1. The molecule has 0 radical (unpaired) electrons.